The number of carbonyl (C=O) groups is 1. The Balaban J connectivity index is 2.05. The van der Waals surface area contributed by atoms with Gasteiger partial charge in [-0.15, -0.1) is 0 Å². The molecule has 0 aromatic heterocycles. The van der Waals surface area contributed by atoms with E-state index in [4.69, 9.17) is 0 Å². The Hall–Kier alpha value is -1.56. The summed E-state index contributed by atoms with van der Waals surface area (Å²) in [6.07, 6.45) is 1.75. The van der Waals surface area contributed by atoms with Gasteiger partial charge in [0, 0.05) is 18.7 Å². The van der Waals surface area contributed by atoms with E-state index in [1.165, 1.54) is 0 Å². The second-order valence-corrected chi connectivity index (χ2v) is 5.49. The first-order valence-electron chi connectivity index (χ1n) is 6.55. The summed E-state index contributed by atoms with van der Waals surface area (Å²) >= 11 is 0. The Labute approximate surface area is 115 Å². The Bertz CT molecular complexity index is 490. The molecule has 1 aliphatic heterocycles. The summed E-state index contributed by atoms with van der Waals surface area (Å²) in [6.45, 7) is 4.06. The maximum atomic E-state index is 13.5. The lowest BCUT2D eigenvalue weighted by Crippen LogP contribution is -2.43. The predicted molar refractivity (Wildman–Crippen MR) is 68.9 cm³/mol. The van der Waals surface area contributed by atoms with Crippen LogP contribution in [0.15, 0.2) is 12.1 Å². The van der Waals surface area contributed by atoms with Gasteiger partial charge in [-0.25, -0.2) is 13.2 Å². The largest absolute Gasteiger partial charge is 0.351 e. The molecule has 0 radical (unpaired) electrons. The standard InChI is InChI=1S/C14H17F3N2O/c1-14(2-4-18-5-3-14)8-19-13(20)12-10(16)6-9(15)7-11(12)17/h6-7,18H,2-5,8H2,1H3,(H,19,20). The molecular formula is C14H17F3N2O. The molecule has 0 saturated carbocycles. The number of benzene rings is 1. The van der Waals surface area contributed by atoms with Crippen LogP contribution < -0.4 is 10.6 Å². The van der Waals surface area contributed by atoms with Crippen molar-refractivity contribution in [2.45, 2.75) is 19.8 Å². The quantitative estimate of drug-likeness (QED) is 0.894. The minimum atomic E-state index is -1.18. The van der Waals surface area contributed by atoms with Gasteiger partial charge in [-0.2, -0.15) is 0 Å². The first-order valence-corrected chi connectivity index (χ1v) is 6.55. The summed E-state index contributed by atoms with van der Waals surface area (Å²) in [6, 6.07) is 1.01. The monoisotopic (exact) mass is 286 g/mol. The molecule has 6 heteroatoms. The molecule has 0 bridgehead atoms. The summed E-state index contributed by atoms with van der Waals surface area (Å²) in [5.41, 5.74) is -0.822. The molecule has 2 N–H and O–H groups in total. The minimum absolute atomic E-state index is 0.0894. The molecule has 1 aliphatic rings. The Morgan fingerprint density at radius 2 is 1.80 bits per heavy atom. The number of amides is 1. The number of rotatable bonds is 3. The molecule has 2 rings (SSSR count). The van der Waals surface area contributed by atoms with E-state index in [1.54, 1.807) is 0 Å². The number of piperidine rings is 1. The van der Waals surface area contributed by atoms with Crippen LogP contribution in [0.5, 0.6) is 0 Å². The van der Waals surface area contributed by atoms with Crippen molar-refractivity contribution in [1.82, 2.24) is 10.6 Å². The average Bonchev–Trinajstić information content (AvgIpc) is 2.36. The van der Waals surface area contributed by atoms with Crippen LogP contribution in [0.3, 0.4) is 0 Å². The molecule has 0 aliphatic carbocycles. The van der Waals surface area contributed by atoms with E-state index in [0.717, 1.165) is 25.9 Å². The lowest BCUT2D eigenvalue weighted by Gasteiger charge is -2.34. The topological polar surface area (TPSA) is 41.1 Å². The second-order valence-electron chi connectivity index (χ2n) is 5.49. The van der Waals surface area contributed by atoms with Crippen molar-refractivity contribution < 1.29 is 18.0 Å². The Kier molecular flexibility index (Phi) is 4.32. The SMILES string of the molecule is CC1(CNC(=O)c2c(F)cc(F)cc2F)CCNCC1. The summed E-state index contributed by atoms with van der Waals surface area (Å²) in [4.78, 5) is 11.9. The zero-order valence-electron chi connectivity index (χ0n) is 11.2. The van der Waals surface area contributed by atoms with E-state index in [2.05, 4.69) is 10.6 Å². The molecule has 20 heavy (non-hydrogen) atoms. The van der Waals surface area contributed by atoms with Crippen LogP contribution in [0.25, 0.3) is 0 Å². The van der Waals surface area contributed by atoms with Gasteiger partial charge in [0.1, 0.15) is 23.0 Å². The van der Waals surface area contributed by atoms with Gasteiger partial charge in [0.15, 0.2) is 0 Å². The van der Waals surface area contributed by atoms with E-state index >= 15 is 0 Å². The van der Waals surface area contributed by atoms with Crippen LogP contribution in [-0.4, -0.2) is 25.5 Å². The molecule has 3 nitrogen and oxygen atoms in total. The summed E-state index contributed by atoms with van der Waals surface area (Å²) in [5.74, 6) is -4.26. The molecule has 1 saturated heterocycles. The third kappa shape index (κ3) is 3.30. The van der Waals surface area contributed by atoms with Crippen LogP contribution in [0.2, 0.25) is 0 Å². The summed E-state index contributed by atoms with van der Waals surface area (Å²) in [7, 11) is 0. The van der Waals surface area contributed by atoms with Crippen LogP contribution in [0, 0.1) is 22.9 Å². The van der Waals surface area contributed by atoms with Gasteiger partial charge in [0.25, 0.3) is 5.91 Å². The smallest absolute Gasteiger partial charge is 0.257 e. The average molecular weight is 286 g/mol. The minimum Gasteiger partial charge on any atom is -0.351 e. The van der Waals surface area contributed by atoms with Crippen LogP contribution in [-0.2, 0) is 0 Å². The van der Waals surface area contributed by atoms with Gasteiger partial charge < -0.3 is 10.6 Å². The van der Waals surface area contributed by atoms with Crippen molar-refractivity contribution in [1.29, 1.82) is 0 Å². The van der Waals surface area contributed by atoms with Crippen molar-refractivity contribution in [2.24, 2.45) is 5.41 Å². The molecular weight excluding hydrogens is 269 g/mol. The van der Waals surface area contributed by atoms with Gasteiger partial charge in [-0.1, -0.05) is 6.92 Å². The fourth-order valence-electron chi connectivity index (χ4n) is 2.35. The van der Waals surface area contributed by atoms with Gasteiger partial charge in [0.05, 0.1) is 0 Å². The Morgan fingerprint density at radius 1 is 1.25 bits per heavy atom. The van der Waals surface area contributed by atoms with Crippen LogP contribution in [0.4, 0.5) is 13.2 Å². The van der Waals surface area contributed by atoms with Gasteiger partial charge in [0.2, 0.25) is 0 Å². The number of carbonyl (C=O) groups excluding carboxylic acids is 1. The highest BCUT2D eigenvalue weighted by molar-refractivity contribution is 5.94. The highest BCUT2D eigenvalue weighted by Gasteiger charge is 2.28. The highest BCUT2D eigenvalue weighted by Crippen LogP contribution is 2.27. The lowest BCUT2D eigenvalue weighted by molar-refractivity contribution is 0.0913. The van der Waals surface area contributed by atoms with Crippen molar-refractivity contribution in [3.63, 3.8) is 0 Å². The van der Waals surface area contributed by atoms with Crippen molar-refractivity contribution >= 4 is 5.91 Å². The first-order chi connectivity index (χ1) is 9.41. The molecule has 110 valence electrons. The zero-order valence-corrected chi connectivity index (χ0v) is 11.2. The summed E-state index contributed by atoms with van der Waals surface area (Å²) in [5, 5.41) is 5.75. The molecule has 0 atom stereocenters. The third-order valence-corrected chi connectivity index (χ3v) is 3.72. The highest BCUT2D eigenvalue weighted by atomic mass is 19.1. The molecule has 1 amide bonds. The van der Waals surface area contributed by atoms with Crippen LogP contribution in [0.1, 0.15) is 30.1 Å². The molecule has 1 aromatic carbocycles. The molecule has 1 fully saturated rings. The fourth-order valence-corrected chi connectivity index (χ4v) is 2.35. The maximum absolute atomic E-state index is 13.5. The molecule has 0 unspecified atom stereocenters. The van der Waals surface area contributed by atoms with Gasteiger partial charge in [-0.05, 0) is 31.3 Å². The van der Waals surface area contributed by atoms with Crippen LogP contribution >= 0.6 is 0 Å². The zero-order chi connectivity index (χ0) is 14.8. The number of halogens is 3. The second kappa shape index (κ2) is 5.83. The third-order valence-electron chi connectivity index (χ3n) is 3.72. The fraction of sp³-hybridized carbons (Fsp3) is 0.500. The van der Waals surface area contributed by atoms with E-state index in [0.29, 0.717) is 18.7 Å². The normalized spacial score (nSPS) is 17.8. The van der Waals surface area contributed by atoms with Crippen molar-refractivity contribution in [3.8, 4) is 0 Å². The lowest BCUT2D eigenvalue weighted by atomic mass is 9.81. The van der Waals surface area contributed by atoms with Gasteiger partial charge in [-0.3, -0.25) is 4.79 Å². The summed E-state index contributed by atoms with van der Waals surface area (Å²) < 4.78 is 39.7. The van der Waals surface area contributed by atoms with Crippen molar-refractivity contribution in [3.05, 3.63) is 35.1 Å². The van der Waals surface area contributed by atoms with Gasteiger partial charge >= 0.3 is 0 Å². The first kappa shape index (κ1) is 14.8. The number of nitrogens with one attached hydrogen (secondary N) is 2. The number of hydrogen-bond donors (Lipinski definition) is 2. The van der Waals surface area contributed by atoms with E-state index in [9.17, 15) is 18.0 Å². The Morgan fingerprint density at radius 3 is 2.35 bits per heavy atom. The predicted octanol–water partition coefficient (Wildman–Crippen LogP) is 2.22. The van der Waals surface area contributed by atoms with E-state index in [1.807, 2.05) is 6.92 Å². The molecule has 1 aromatic rings. The van der Waals surface area contributed by atoms with E-state index < -0.39 is 28.9 Å². The number of hydrogen-bond acceptors (Lipinski definition) is 2. The molecule has 1 heterocycles. The molecule has 0 spiro atoms. The van der Waals surface area contributed by atoms with Crippen molar-refractivity contribution in [2.75, 3.05) is 19.6 Å². The van der Waals surface area contributed by atoms with E-state index in [-0.39, 0.29) is 5.41 Å². The maximum Gasteiger partial charge on any atom is 0.257 e.